The van der Waals surface area contributed by atoms with Crippen molar-refractivity contribution in [1.29, 1.82) is 5.41 Å². The molecule has 5 N–H and O–H groups in total. The molecule has 2 aliphatic rings. The van der Waals surface area contributed by atoms with Crippen molar-refractivity contribution >= 4 is 40.6 Å². The number of amides is 2. The van der Waals surface area contributed by atoms with Crippen molar-refractivity contribution in [2.45, 2.75) is 0 Å². The fourth-order valence-corrected chi connectivity index (χ4v) is 2.68. The van der Waals surface area contributed by atoms with Crippen LogP contribution in [0.5, 0.6) is 0 Å². The van der Waals surface area contributed by atoms with E-state index in [-0.39, 0.29) is 29.2 Å². The minimum Gasteiger partial charge on any atom is -0.320 e. The average molecular weight is 347 g/mol. The fourth-order valence-electron chi connectivity index (χ4n) is 2.68. The van der Waals surface area contributed by atoms with Gasteiger partial charge < -0.3 is 10.6 Å². The molecule has 0 aromatic heterocycles. The van der Waals surface area contributed by atoms with Gasteiger partial charge in [-0.25, -0.2) is 10.9 Å². The molecule has 2 aromatic carbocycles. The highest BCUT2D eigenvalue weighted by atomic mass is 16.2. The van der Waals surface area contributed by atoms with Crippen molar-refractivity contribution in [2.75, 3.05) is 10.6 Å². The predicted molar refractivity (Wildman–Crippen MR) is 97.2 cm³/mol. The van der Waals surface area contributed by atoms with Crippen LogP contribution in [0.25, 0.3) is 0 Å². The topological polar surface area (TPSA) is 131 Å². The summed E-state index contributed by atoms with van der Waals surface area (Å²) in [7, 11) is 0. The Hall–Kier alpha value is -4.01. The Morgan fingerprint density at radius 1 is 0.769 bits per heavy atom. The molecule has 2 aromatic rings. The first kappa shape index (κ1) is 15.5. The van der Waals surface area contributed by atoms with Crippen molar-refractivity contribution < 1.29 is 9.59 Å². The molecule has 2 aliphatic heterocycles. The number of hydrogen-bond donors (Lipinski definition) is 5. The number of carbonyl (C=O) groups excluding carboxylic acids is 2. The maximum Gasteiger partial charge on any atom is 0.276 e. The Bertz CT molecular complexity index is 930. The molecule has 0 saturated heterocycles. The number of anilines is 2. The minimum atomic E-state index is -0.359. The molecule has 0 saturated carbocycles. The number of hydrazone groups is 2. The van der Waals surface area contributed by atoms with Gasteiger partial charge >= 0.3 is 0 Å². The maximum absolute atomic E-state index is 11.9. The van der Waals surface area contributed by atoms with Crippen LogP contribution in [-0.2, 0) is 9.59 Å². The van der Waals surface area contributed by atoms with Gasteiger partial charge in [0.25, 0.3) is 11.8 Å². The van der Waals surface area contributed by atoms with Gasteiger partial charge in [0, 0.05) is 11.1 Å². The summed E-state index contributed by atoms with van der Waals surface area (Å²) in [5, 5.41) is 21.1. The number of rotatable bonds is 2. The number of nitrogens with one attached hydrogen (secondary N) is 5. The second kappa shape index (κ2) is 6.13. The van der Waals surface area contributed by atoms with Crippen molar-refractivity contribution in [3.05, 3.63) is 59.7 Å². The van der Waals surface area contributed by atoms with Crippen LogP contribution in [0.15, 0.2) is 58.7 Å². The molecular formula is C17H13N7O2. The van der Waals surface area contributed by atoms with Gasteiger partial charge in [0.1, 0.15) is 0 Å². The quantitative estimate of drug-likeness (QED) is 0.312. The van der Waals surface area contributed by atoms with E-state index in [2.05, 4.69) is 31.7 Å². The molecule has 0 radical (unpaired) electrons. The lowest BCUT2D eigenvalue weighted by atomic mass is 10.1. The molecule has 0 bridgehead atoms. The van der Waals surface area contributed by atoms with E-state index in [1.54, 1.807) is 48.5 Å². The maximum atomic E-state index is 11.9. The van der Waals surface area contributed by atoms with E-state index in [4.69, 9.17) is 5.41 Å². The summed E-state index contributed by atoms with van der Waals surface area (Å²) in [5.74, 6) is -0.997. The number of benzene rings is 2. The van der Waals surface area contributed by atoms with Crippen LogP contribution in [-0.4, -0.2) is 29.2 Å². The summed E-state index contributed by atoms with van der Waals surface area (Å²) in [5.41, 5.74) is 7.80. The van der Waals surface area contributed by atoms with Crippen molar-refractivity contribution in [2.24, 2.45) is 10.2 Å². The van der Waals surface area contributed by atoms with Crippen molar-refractivity contribution in [3.8, 4) is 0 Å². The van der Waals surface area contributed by atoms with Crippen molar-refractivity contribution in [3.63, 3.8) is 0 Å². The molecule has 0 spiro atoms. The zero-order valence-corrected chi connectivity index (χ0v) is 13.3. The van der Waals surface area contributed by atoms with Gasteiger partial charge in [-0.05, 0) is 12.1 Å². The molecule has 0 unspecified atom stereocenters. The first-order valence-electron chi connectivity index (χ1n) is 7.71. The molecule has 0 atom stereocenters. The standard InChI is InChI=1S/C17H13N7O2/c18-17(23-21-13-9-5-1-3-7-11(9)19-15(13)25)24-22-14-10-6-2-4-8-12(10)20-16(14)26/h1-8H,(H3,18,23,24)(H,19,21,25)(H,20,22,26). The predicted octanol–water partition coefficient (Wildman–Crippen LogP) is 0.813. The van der Waals surface area contributed by atoms with Crippen LogP contribution in [0.3, 0.4) is 0 Å². The second-order valence-corrected chi connectivity index (χ2v) is 5.52. The molecule has 2 amide bonds. The van der Waals surface area contributed by atoms with E-state index in [0.717, 1.165) is 0 Å². The normalized spacial score (nSPS) is 17.5. The number of hydrogen-bond acceptors (Lipinski definition) is 5. The van der Waals surface area contributed by atoms with Crippen LogP contribution in [0.2, 0.25) is 0 Å². The zero-order chi connectivity index (χ0) is 18.1. The van der Waals surface area contributed by atoms with Gasteiger partial charge in [-0.2, -0.15) is 10.2 Å². The highest BCUT2D eigenvalue weighted by Gasteiger charge is 2.26. The van der Waals surface area contributed by atoms with Crippen LogP contribution in [0, 0.1) is 5.41 Å². The molecule has 128 valence electrons. The third-order valence-corrected chi connectivity index (χ3v) is 3.85. The third kappa shape index (κ3) is 2.67. The lowest BCUT2D eigenvalue weighted by Gasteiger charge is -2.03. The molecule has 0 fully saturated rings. The van der Waals surface area contributed by atoms with Crippen LogP contribution in [0.4, 0.5) is 11.4 Å². The molecule has 26 heavy (non-hydrogen) atoms. The first-order chi connectivity index (χ1) is 12.6. The van der Waals surface area contributed by atoms with Crippen LogP contribution >= 0.6 is 0 Å². The summed E-state index contributed by atoms with van der Waals surface area (Å²) in [6.07, 6.45) is 0. The van der Waals surface area contributed by atoms with Crippen molar-refractivity contribution in [1.82, 2.24) is 10.9 Å². The van der Waals surface area contributed by atoms with Gasteiger partial charge in [0.2, 0.25) is 5.96 Å². The number of para-hydroxylation sites is 2. The highest BCUT2D eigenvalue weighted by molar-refractivity contribution is 6.54. The van der Waals surface area contributed by atoms with E-state index in [0.29, 0.717) is 22.5 Å². The first-order valence-corrected chi connectivity index (χ1v) is 7.71. The number of guanidine groups is 1. The number of carbonyl (C=O) groups is 2. The molecule has 9 nitrogen and oxygen atoms in total. The average Bonchev–Trinajstić information content (AvgIpc) is 3.13. The second-order valence-electron chi connectivity index (χ2n) is 5.52. The largest absolute Gasteiger partial charge is 0.320 e. The molecule has 0 aliphatic carbocycles. The van der Waals surface area contributed by atoms with E-state index in [9.17, 15) is 9.59 Å². The summed E-state index contributed by atoms with van der Waals surface area (Å²) < 4.78 is 0. The van der Waals surface area contributed by atoms with E-state index < -0.39 is 0 Å². The van der Waals surface area contributed by atoms with Crippen LogP contribution in [0.1, 0.15) is 11.1 Å². The molecule has 2 heterocycles. The Morgan fingerprint density at radius 3 is 1.65 bits per heavy atom. The summed E-state index contributed by atoms with van der Waals surface area (Å²) in [6.45, 7) is 0. The SMILES string of the molecule is N=C(N/N=C1\C(=O)Nc2ccccc21)N/N=C1\C(=O)Nc2ccccc21. The summed E-state index contributed by atoms with van der Waals surface area (Å²) in [4.78, 5) is 23.9. The molecule has 9 heteroatoms. The Labute approximate surface area is 147 Å². The molecular weight excluding hydrogens is 334 g/mol. The third-order valence-electron chi connectivity index (χ3n) is 3.85. The Kier molecular flexibility index (Phi) is 3.66. The number of fused-ring (bicyclic) bond motifs is 2. The van der Waals surface area contributed by atoms with Gasteiger partial charge in [-0.3, -0.25) is 15.0 Å². The monoisotopic (exact) mass is 347 g/mol. The van der Waals surface area contributed by atoms with Gasteiger partial charge in [-0.1, -0.05) is 36.4 Å². The Morgan fingerprint density at radius 2 is 1.19 bits per heavy atom. The fraction of sp³-hybridized carbons (Fsp3) is 0. The lowest BCUT2D eigenvalue weighted by Crippen LogP contribution is -2.33. The summed E-state index contributed by atoms with van der Waals surface area (Å²) in [6, 6.07) is 14.2. The van der Waals surface area contributed by atoms with Gasteiger partial charge in [0.15, 0.2) is 11.4 Å². The zero-order valence-electron chi connectivity index (χ0n) is 13.3. The summed E-state index contributed by atoms with van der Waals surface area (Å²) >= 11 is 0. The molecule has 4 rings (SSSR count). The Balaban J connectivity index is 1.47. The highest BCUT2D eigenvalue weighted by Crippen LogP contribution is 2.23. The van der Waals surface area contributed by atoms with Crippen LogP contribution < -0.4 is 21.5 Å². The van der Waals surface area contributed by atoms with Gasteiger partial charge in [0.05, 0.1) is 11.4 Å². The lowest BCUT2D eigenvalue weighted by molar-refractivity contribution is -0.110. The number of nitrogens with zero attached hydrogens (tertiary/aromatic N) is 2. The van der Waals surface area contributed by atoms with E-state index >= 15 is 0 Å². The minimum absolute atomic E-state index is 0.170. The van der Waals surface area contributed by atoms with Gasteiger partial charge in [-0.15, -0.1) is 0 Å². The van der Waals surface area contributed by atoms with E-state index in [1.807, 2.05) is 0 Å². The smallest absolute Gasteiger partial charge is 0.276 e. The van der Waals surface area contributed by atoms with E-state index in [1.165, 1.54) is 0 Å².